The summed E-state index contributed by atoms with van der Waals surface area (Å²) in [6.45, 7) is 0.426. The average Bonchev–Trinajstić information content (AvgIpc) is 3.40. The summed E-state index contributed by atoms with van der Waals surface area (Å²) in [6.07, 6.45) is 6.28. The molecule has 0 amide bonds. The Labute approximate surface area is 182 Å². The lowest BCUT2D eigenvalue weighted by Gasteiger charge is -2.21. The van der Waals surface area contributed by atoms with Gasteiger partial charge in [-0.3, -0.25) is 9.36 Å². The third-order valence-electron chi connectivity index (χ3n) is 6.51. The molecular formula is C23H22N4O3S. The highest BCUT2D eigenvalue weighted by Gasteiger charge is 2.39. The van der Waals surface area contributed by atoms with Gasteiger partial charge >= 0.3 is 5.69 Å². The highest BCUT2D eigenvalue weighted by Crippen LogP contribution is 2.46. The third-order valence-corrected chi connectivity index (χ3v) is 7.88. The molecule has 2 aliphatic rings. The SMILES string of the molecule is COc1ccc(Cn2c(=O)n3ncnc3c3c4c(sc32)C(C(=O)C2CC2)CCC4)cc1. The molecule has 1 fully saturated rings. The minimum absolute atomic E-state index is 0.0406. The fourth-order valence-corrected chi connectivity index (χ4v) is 6.24. The van der Waals surface area contributed by atoms with Crippen molar-refractivity contribution in [2.75, 3.05) is 7.11 Å². The number of aryl methyl sites for hydroxylation is 1. The van der Waals surface area contributed by atoms with Crippen LogP contribution in [0.25, 0.3) is 15.9 Å². The van der Waals surface area contributed by atoms with Gasteiger partial charge in [0, 0.05) is 10.8 Å². The fourth-order valence-electron chi connectivity index (χ4n) is 4.76. The Kier molecular flexibility index (Phi) is 4.24. The van der Waals surface area contributed by atoms with Gasteiger partial charge in [-0.25, -0.2) is 9.78 Å². The van der Waals surface area contributed by atoms with Crippen LogP contribution in [-0.4, -0.2) is 32.1 Å². The minimum atomic E-state index is -0.209. The number of carbonyl (C=O) groups is 1. The van der Waals surface area contributed by atoms with Crippen molar-refractivity contribution in [1.82, 2.24) is 19.2 Å². The summed E-state index contributed by atoms with van der Waals surface area (Å²) in [6, 6.07) is 7.73. The molecule has 0 N–H and O–H groups in total. The van der Waals surface area contributed by atoms with E-state index in [1.807, 2.05) is 24.3 Å². The molecule has 3 heterocycles. The van der Waals surface area contributed by atoms with E-state index in [-0.39, 0.29) is 17.5 Å². The number of methoxy groups -OCH3 is 1. The Morgan fingerprint density at radius 2 is 2.03 bits per heavy atom. The van der Waals surface area contributed by atoms with Crippen LogP contribution < -0.4 is 10.4 Å². The first-order chi connectivity index (χ1) is 15.2. The molecule has 2 aliphatic carbocycles. The second-order valence-corrected chi connectivity index (χ2v) is 9.49. The van der Waals surface area contributed by atoms with Crippen LogP contribution in [0.15, 0.2) is 35.4 Å². The molecule has 158 valence electrons. The first-order valence-corrected chi connectivity index (χ1v) is 11.5. The Hall–Kier alpha value is -3.00. The quantitative estimate of drug-likeness (QED) is 0.480. The molecule has 0 saturated heterocycles. The van der Waals surface area contributed by atoms with Gasteiger partial charge in [0.2, 0.25) is 0 Å². The molecule has 7 nitrogen and oxygen atoms in total. The second-order valence-electron chi connectivity index (χ2n) is 8.46. The van der Waals surface area contributed by atoms with Gasteiger partial charge in [-0.2, -0.15) is 9.61 Å². The van der Waals surface area contributed by atoms with E-state index < -0.39 is 0 Å². The number of hydrogen-bond donors (Lipinski definition) is 0. The van der Waals surface area contributed by atoms with Crippen LogP contribution in [0, 0.1) is 5.92 Å². The second kappa shape index (κ2) is 7.02. The van der Waals surface area contributed by atoms with Gasteiger partial charge in [0.1, 0.15) is 22.7 Å². The normalized spacial score (nSPS) is 18.4. The van der Waals surface area contributed by atoms with Gasteiger partial charge in [-0.1, -0.05) is 12.1 Å². The molecule has 6 rings (SSSR count). The molecule has 3 aromatic heterocycles. The van der Waals surface area contributed by atoms with Crippen LogP contribution in [0.1, 0.15) is 47.6 Å². The molecule has 0 radical (unpaired) electrons. The Balaban J connectivity index is 1.56. The summed E-state index contributed by atoms with van der Waals surface area (Å²) in [5.41, 5.74) is 2.58. The van der Waals surface area contributed by atoms with E-state index in [1.54, 1.807) is 23.0 Å². The number of fused-ring (bicyclic) bond motifs is 5. The maximum atomic E-state index is 13.3. The van der Waals surface area contributed by atoms with Crippen molar-refractivity contribution in [1.29, 1.82) is 0 Å². The number of ketones is 1. The zero-order chi connectivity index (χ0) is 21.1. The van der Waals surface area contributed by atoms with E-state index in [0.717, 1.165) is 58.5 Å². The van der Waals surface area contributed by atoms with E-state index >= 15 is 0 Å². The molecule has 1 unspecified atom stereocenters. The molecule has 0 aliphatic heterocycles. The summed E-state index contributed by atoms with van der Waals surface area (Å²) in [5, 5.41) is 5.19. The number of benzene rings is 1. The molecule has 0 bridgehead atoms. The minimum Gasteiger partial charge on any atom is -0.497 e. The van der Waals surface area contributed by atoms with Crippen molar-refractivity contribution in [3.63, 3.8) is 0 Å². The van der Waals surface area contributed by atoms with Gasteiger partial charge in [0.25, 0.3) is 0 Å². The molecule has 1 aromatic carbocycles. The standard InChI is InChI=1S/C23H22N4O3S/c1-30-15-9-5-13(6-10-15)11-26-22-18(21-24-12-25-27(21)23(26)29)16-3-2-4-17(20(16)31-22)19(28)14-7-8-14/h5-6,9-10,12,14,17H,2-4,7-8,11H2,1H3. The summed E-state index contributed by atoms with van der Waals surface area (Å²) in [4.78, 5) is 32.8. The van der Waals surface area contributed by atoms with Crippen molar-refractivity contribution >= 4 is 33.0 Å². The molecular weight excluding hydrogens is 412 g/mol. The van der Waals surface area contributed by atoms with Crippen molar-refractivity contribution in [3.05, 3.63) is 57.1 Å². The largest absolute Gasteiger partial charge is 0.497 e. The highest BCUT2D eigenvalue weighted by atomic mass is 32.1. The Bertz CT molecular complexity index is 1380. The van der Waals surface area contributed by atoms with Crippen molar-refractivity contribution in [3.8, 4) is 5.75 Å². The summed E-state index contributed by atoms with van der Waals surface area (Å²) >= 11 is 1.60. The van der Waals surface area contributed by atoms with Gasteiger partial charge in [-0.05, 0) is 55.4 Å². The number of hydrogen-bond acceptors (Lipinski definition) is 6. The summed E-state index contributed by atoms with van der Waals surface area (Å²) < 4.78 is 8.43. The van der Waals surface area contributed by atoms with Crippen molar-refractivity contribution in [2.24, 2.45) is 5.92 Å². The topological polar surface area (TPSA) is 78.5 Å². The van der Waals surface area contributed by atoms with E-state index in [9.17, 15) is 9.59 Å². The van der Waals surface area contributed by atoms with E-state index in [2.05, 4.69) is 10.1 Å². The Morgan fingerprint density at radius 3 is 2.77 bits per heavy atom. The number of ether oxygens (including phenoxy) is 1. The first-order valence-electron chi connectivity index (χ1n) is 10.7. The van der Waals surface area contributed by atoms with Crippen LogP contribution in [-0.2, 0) is 17.8 Å². The predicted molar refractivity (Wildman–Crippen MR) is 118 cm³/mol. The smallest absolute Gasteiger partial charge is 0.352 e. The molecule has 0 spiro atoms. The lowest BCUT2D eigenvalue weighted by Crippen LogP contribution is -2.27. The van der Waals surface area contributed by atoms with Crippen LogP contribution in [0.3, 0.4) is 0 Å². The summed E-state index contributed by atoms with van der Waals surface area (Å²) in [7, 11) is 1.64. The highest BCUT2D eigenvalue weighted by molar-refractivity contribution is 7.19. The average molecular weight is 435 g/mol. The monoisotopic (exact) mass is 434 g/mol. The van der Waals surface area contributed by atoms with Crippen LogP contribution in [0.2, 0.25) is 0 Å². The predicted octanol–water partition coefficient (Wildman–Crippen LogP) is 3.56. The van der Waals surface area contributed by atoms with Crippen LogP contribution in [0.4, 0.5) is 0 Å². The molecule has 1 saturated carbocycles. The number of rotatable bonds is 5. The zero-order valence-corrected chi connectivity index (χ0v) is 18.0. The third kappa shape index (κ3) is 2.92. The van der Waals surface area contributed by atoms with E-state index in [1.165, 1.54) is 16.4 Å². The van der Waals surface area contributed by atoms with Crippen LogP contribution >= 0.6 is 11.3 Å². The number of nitrogens with zero attached hydrogens (tertiary/aromatic N) is 4. The lowest BCUT2D eigenvalue weighted by molar-refractivity contribution is -0.121. The maximum absolute atomic E-state index is 13.3. The molecule has 31 heavy (non-hydrogen) atoms. The molecule has 8 heteroatoms. The fraction of sp³-hybridized carbons (Fsp3) is 0.391. The number of carbonyl (C=O) groups excluding carboxylic acids is 1. The molecule has 4 aromatic rings. The van der Waals surface area contributed by atoms with Crippen LogP contribution in [0.5, 0.6) is 5.75 Å². The van der Waals surface area contributed by atoms with Gasteiger partial charge in [-0.15, -0.1) is 11.3 Å². The first kappa shape index (κ1) is 18.7. The van der Waals surface area contributed by atoms with Gasteiger partial charge in [0.05, 0.1) is 25.0 Å². The Morgan fingerprint density at radius 1 is 1.23 bits per heavy atom. The van der Waals surface area contributed by atoms with Crippen molar-refractivity contribution < 1.29 is 9.53 Å². The van der Waals surface area contributed by atoms with Gasteiger partial charge < -0.3 is 4.74 Å². The number of thiophene rings is 1. The van der Waals surface area contributed by atoms with E-state index in [0.29, 0.717) is 18.0 Å². The number of Topliss-reactive ketones (excluding diaryl/α,β-unsaturated/α-hetero) is 1. The zero-order valence-electron chi connectivity index (χ0n) is 17.2. The maximum Gasteiger partial charge on any atom is 0.352 e. The van der Waals surface area contributed by atoms with Gasteiger partial charge in [0.15, 0.2) is 5.65 Å². The lowest BCUT2D eigenvalue weighted by atomic mass is 9.84. The van der Waals surface area contributed by atoms with Crippen molar-refractivity contribution in [2.45, 2.75) is 44.6 Å². The molecule has 1 atom stereocenters. The number of aromatic nitrogens is 4. The summed E-state index contributed by atoms with van der Waals surface area (Å²) in [5.74, 6) is 1.35. The van der Waals surface area contributed by atoms with E-state index in [4.69, 9.17) is 4.74 Å².